The highest BCUT2D eigenvalue weighted by Gasteiger charge is 2.17. The summed E-state index contributed by atoms with van der Waals surface area (Å²) in [5.74, 6) is 0.979. The number of fused-ring (bicyclic) bond motifs is 2. The number of hydrogen-bond donors (Lipinski definition) is 2. The van der Waals surface area contributed by atoms with Crippen molar-refractivity contribution in [2.45, 2.75) is 38.6 Å². The number of nitrogens with zero attached hydrogens (tertiary/aromatic N) is 6. The number of rotatable bonds is 2. The molecule has 2 fully saturated rings. The Balaban J connectivity index is 0.000000461. The van der Waals surface area contributed by atoms with Crippen molar-refractivity contribution in [3.63, 3.8) is 0 Å². The number of aryl methyl sites for hydroxylation is 2. The van der Waals surface area contributed by atoms with E-state index in [1.54, 1.807) is 10.9 Å². The van der Waals surface area contributed by atoms with Crippen LogP contribution in [0.15, 0.2) is 30.6 Å². The number of phenols is 1. The van der Waals surface area contributed by atoms with Gasteiger partial charge in [0.05, 0.1) is 22.9 Å². The van der Waals surface area contributed by atoms with E-state index in [-0.39, 0.29) is 5.75 Å². The van der Waals surface area contributed by atoms with Gasteiger partial charge in [0.25, 0.3) is 0 Å². The molecule has 4 heterocycles. The van der Waals surface area contributed by atoms with Gasteiger partial charge in [-0.25, -0.2) is 15.0 Å². The fourth-order valence-electron chi connectivity index (χ4n) is 3.87. The first-order chi connectivity index (χ1) is 15.0. The zero-order valence-corrected chi connectivity index (χ0v) is 17.9. The Bertz CT molecular complexity index is 1260. The largest absolute Gasteiger partial charge is 0.507 e. The topological polar surface area (TPSA) is 106 Å². The summed E-state index contributed by atoms with van der Waals surface area (Å²) in [6.07, 6.45) is 8.62. The number of aromatic nitrogens is 5. The van der Waals surface area contributed by atoms with Crippen molar-refractivity contribution in [2.75, 3.05) is 18.0 Å². The number of aromatic hydroxyl groups is 1. The van der Waals surface area contributed by atoms with Crippen LogP contribution in [0, 0.1) is 6.92 Å². The van der Waals surface area contributed by atoms with Crippen LogP contribution < -0.4 is 10.6 Å². The maximum absolute atomic E-state index is 10.7. The summed E-state index contributed by atoms with van der Waals surface area (Å²) in [5.41, 5.74) is 9.71. The average molecular weight is 418 g/mol. The molecule has 1 aliphatic carbocycles. The second-order valence-corrected chi connectivity index (χ2v) is 8.44. The lowest BCUT2D eigenvalue weighted by atomic mass is 10.0. The van der Waals surface area contributed by atoms with Crippen LogP contribution in [0.4, 0.5) is 5.95 Å². The van der Waals surface area contributed by atoms with E-state index in [9.17, 15) is 5.11 Å². The second kappa shape index (κ2) is 7.77. The van der Waals surface area contributed by atoms with Gasteiger partial charge in [0.2, 0.25) is 5.95 Å². The fourth-order valence-corrected chi connectivity index (χ4v) is 3.87. The molecule has 160 valence electrons. The molecule has 3 aromatic heterocycles. The van der Waals surface area contributed by atoms with Crippen molar-refractivity contribution in [1.82, 2.24) is 24.7 Å². The van der Waals surface area contributed by atoms with Crippen LogP contribution in [-0.4, -0.2) is 49.0 Å². The molecule has 1 aliphatic heterocycles. The van der Waals surface area contributed by atoms with Gasteiger partial charge < -0.3 is 15.7 Å². The highest BCUT2D eigenvalue weighted by atomic mass is 16.3. The molecule has 6 rings (SSSR count). The number of nitrogens with two attached hydrogens (primary N) is 1. The molecular weight excluding hydrogens is 390 g/mol. The third kappa shape index (κ3) is 3.90. The molecule has 0 unspecified atom stereocenters. The van der Waals surface area contributed by atoms with Gasteiger partial charge >= 0.3 is 0 Å². The van der Waals surface area contributed by atoms with Crippen molar-refractivity contribution in [3.05, 3.63) is 36.2 Å². The Morgan fingerprint density at radius 3 is 2.55 bits per heavy atom. The minimum atomic E-state index is 0.211. The summed E-state index contributed by atoms with van der Waals surface area (Å²) in [6.45, 7) is 3.89. The van der Waals surface area contributed by atoms with Crippen molar-refractivity contribution < 1.29 is 5.11 Å². The van der Waals surface area contributed by atoms with E-state index in [2.05, 4.69) is 20.0 Å². The lowest BCUT2D eigenvalue weighted by molar-refractivity contribution is 0.474. The normalized spacial score (nSPS) is 16.0. The third-order valence-electron chi connectivity index (χ3n) is 5.83. The summed E-state index contributed by atoms with van der Waals surface area (Å²) >= 11 is 0. The molecule has 1 saturated heterocycles. The molecule has 0 atom stereocenters. The zero-order chi connectivity index (χ0) is 21.5. The number of pyridine rings is 1. The van der Waals surface area contributed by atoms with E-state index in [4.69, 9.17) is 10.7 Å². The standard InChI is InChI=1S/C20H20N6O.C3H7N/c1-12-18-13(11-25(2)24-18)9-14(19(12)27)15-5-6-16-17(22-15)10-21-20(23-16)26-7-3-4-8-26;4-3-1-2-3/h5-6,9-11,27H,3-4,7-8H2,1-2H3;3H,1-2,4H2. The first-order valence-electron chi connectivity index (χ1n) is 10.8. The predicted octanol–water partition coefficient (Wildman–Crippen LogP) is 3.30. The molecule has 8 heteroatoms. The molecule has 2 aliphatic rings. The molecule has 0 spiro atoms. The Hall–Kier alpha value is -3.26. The van der Waals surface area contributed by atoms with E-state index >= 15 is 0 Å². The number of hydrogen-bond acceptors (Lipinski definition) is 7. The van der Waals surface area contributed by atoms with Gasteiger partial charge in [0.15, 0.2) is 0 Å². The molecule has 1 saturated carbocycles. The number of anilines is 1. The van der Waals surface area contributed by atoms with E-state index in [1.165, 1.54) is 25.7 Å². The third-order valence-corrected chi connectivity index (χ3v) is 5.83. The molecule has 0 amide bonds. The SMILES string of the molecule is Cc1c(O)c(-c2ccc3nc(N4CCCC4)ncc3n2)cc2cn(C)nc12.NC1CC1. The van der Waals surface area contributed by atoms with Crippen molar-refractivity contribution in [2.24, 2.45) is 12.8 Å². The average Bonchev–Trinajstić information content (AvgIpc) is 3.22. The summed E-state index contributed by atoms with van der Waals surface area (Å²) in [7, 11) is 1.87. The van der Waals surface area contributed by atoms with Crippen molar-refractivity contribution in [1.29, 1.82) is 0 Å². The monoisotopic (exact) mass is 417 g/mol. The van der Waals surface area contributed by atoms with Crippen LogP contribution in [0.5, 0.6) is 5.75 Å². The molecule has 3 N–H and O–H groups in total. The molecule has 0 radical (unpaired) electrons. The summed E-state index contributed by atoms with van der Waals surface area (Å²) < 4.78 is 1.75. The fraction of sp³-hybridized carbons (Fsp3) is 0.391. The van der Waals surface area contributed by atoms with Gasteiger partial charge in [-0.1, -0.05) is 0 Å². The van der Waals surface area contributed by atoms with Crippen LogP contribution in [0.3, 0.4) is 0 Å². The van der Waals surface area contributed by atoms with Crippen LogP contribution in [0.1, 0.15) is 31.2 Å². The lowest BCUT2D eigenvalue weighted by Crippen LogP contribution is -2.20. The highest BCUT2D eigenvalue weighted by molar-refractivity contribution is 5.91. The summed E-state index contributed by atoms with van der Waals surface area (Å²) in [5, 5.41) is 16.1. The molecule has 0 bridgehead atoms. The molecule has 1 aromatic carbocycles. The highest BCUT2D eigenvalue weighted by Crippen LogP contribution is 2.36. The van der Waals surface area contributed by atoms with E-state index < -0.39 is 0 Å². The van der Waals surface area contributed by atoms with E-state index in [0.29, 0.717) is 17.3 Å². The predicted molar refractivity (Wildman–Crippen MR) is 122 cm³/mol. The number of benzene rings is 1. The van der Waals surface area contributed by atoms with Crippen LogP contribution in [-0.2, 0) is 7.05 Å². The molecule has 31 heavy (non-hydrogen) atoms. The van der Waals surface area contributed by atoms with Gasteiger partial charge in [-0.3, -0.25) is 4.68 Å². The molecule has 8 nitrogen and oxygen atoms in total. The minimum absolute atomic E-state index is 0.211. The van der Waals surface area contributed by atoms with Crippen molar-refractivity contribution in [3.8, 4) is 17.0 Å². The lowest BCUT2D eigenvalue weighted by Gasteiger charge is -2.15. The van der Waals surface area contributed by atoms with Crippen molar-refractivity contribution >= 4 is 27.9 Å². The van der Waals surface area contributed by atoms with Crippen LogP contribution >= 0.6 is 0 Å². The Morgan fingerprint density at radius 2 is 1.84 bits per heavy atom. The van der Waals surface area contributed by atoms with Gasteiger partial charge in [-0.2, -0.15) is 5.10 Å². The summed E-state index contributed by atoms with van der Waals surface area (Å²) in [6, 6.07) is 6.36. The second-order valence-electron chi connectivity index (χ2n) is 8.44. The zero-order valence-electron chi connectivity index (χ0n) is 17.9. The van der Waals surface area contributed by atoms with Gasteiger partial charge in [-0.05, 0) is 50.8 Å². The smallest absolute Gasteiger partial charge is 0.225 e. The maximum Gasteiger partial charge on any atom is 0.225 e. The Kier molecular flexibility index (Phi) is 4.94. The van der Waals surface area contributed by atoms with Gasteiger partial charge in [-0.15, -0.1) is 0 Å². The van der Waals surface area contributed by atoms with Crippen LogP contribution in [0.2, 0.25) is 0 Å². The van der Waals surface area contributed by atoms with Gasteiger partial charge in [0.1, 0.15) is 11.3 Å². The Morgan fingerprint density at radius 1 is 1.10 bits per heavy atom. The van der Waals surface area contributed by atoms with Gasteiger partial charge in [0, 0.05) is 48.9 Å². The number of phenolic OH excluding ortho intramolecular Hbond substituents is 1. The minimum Gasteiger partial charge on any atom is -0.507 e. The molecular formula is C23H27N7O. The maximum atomic E-state index is 10.7. The molecule has 4 aromatic rings. The van der Waals surface area contributed by atoms with E-state index in [0.717, 1.165) is 46.5 Å². The Labute approximate surface area is 180 Å². The first kappa shape index (κ1) is 19.7. The first-order valence-corrected chi connectivity index (χ1v) is 10.8. The van der Waals surface area contributed by atoms with Crippen LogP contribution in [0.25, 0.3) is 33.2 Å². The summed E-state index contributed by atoms with van der Waals surface area (Å²) in [4.78, 5) is 16.1. The quantitative estimate of drug-likeness (QED) is 0.515. The van der Waals surface area contributed by atoms with E-state index in [1.807, 2.05) is 38.4 Å².